The molecular weight excluding hydrogens is 276 g/mol. The van der Waals surface area contributed by atoms with E-state index < -0.39 is 11.0 Å². The molecule has 1 saturated heterocycles. The molecule has 0 aromatic rings. The molecule has 4 heteroatoms. The molecule has 0 saturated carbocycles. The van der Waals surface area contributed by atoms with Crippen LogP contribution in [0, 0.1) is 11.8 Å². The lowest BCUT2D eigenvalue weighted by molar-refractivity contribution is -0.150. The molecule has 0 aromatic carbocycles. The van der Waals surface area contributed by atoms with E-state index in [1.165, 1.54) is 6.92 Å². The van der Waals surface area contributed by atoms with Gasteiger partial charge in [0, 0.05) is 6.92 Å². The highest BCUT2D eigenvalue weighted by molar-refractivity contribution is 6.26. The molecule has 0 amide bonds. The van der Waals surface area contributed by atoms with Crippen molar-refractivity contribution in [2.75, 3.05) is 0 Å². The molecule has 20 heavy (non-hydrogen) atoms. The fourth-order valence-electron chi connectivity index (χ4n) is 2.79. The first-order valence-electron chi connectivity index (χ1n) is 7.11. The van der Waals surface area contributed by atoms with E-state index >= 15 is 0 Å². The van der Waals surface area contributed by atoms with Crippen LogP contribution in [0.5, 0.6) is 0 Å². The number of hydrogen-bond donors (Lipinski definition) is 0. The van der Waals surface area contributed by atoms with Gasteiger partial charge in [0.2, 0.25) is 0 Å². The van der Waals surface area contributed by atoms with E-state index in [1.54, 1.807) is 6.08 Å². The van der Waals surface area contributed by atoms with Crippen LogP contribution in [0.15, 0.2) is 18.4 Å². The van der Waals surface area contributed by atoms with Crippen molar-refractivity contribution in [1.29, 1.82) is 0 Å². The standard InChI is InChI=1S/C16H25ClO3/c1-7-8-16(17)14(11(4)5)20-13(9-10(2)3)15(16)19-12(6)18/h8,10-11,13-15H,1,9H2,2-6H3/t13-,14+,15-,16+/m1/s1. The number of carbonyl (C=O) groups is 1. The highest BCUT2D eigenvalue weighted by atomic mass is 35.5. The van der Waals surface area contributed by atoms with Crippen molar-refractivity contribution in [3.63, 3.8) is 0 Å². The average molecular weight is 301 g/mol. The van der Waals surface area contributed by atoms with Gasteiger partial charge in [-0.3, -0.25) is 4.79 Å². The van der Waals surface area contributed by atoms with Crippen molar-refractivity contribution < 1.29 is 14.3 Å². The second kappa shape index (κ2) is 6.80. The molecule has 0 spiro atoms. The van der Waals surface area contributed by atoms with Crippen molar-refractivity contribution in [3.05, 3.63) is 18.4 Å². The molecule has 0 radical (unpaired) electrons. The largest absolute Gasteiger partial charge is 0.457 e. The third kappa shape index (κ3) is 3.66. The van der Waals surface area contributed by atoms with Crippen molar-refractivity contribution in [3.8, 4) is 0 Å². The lowest BCUT2D eigenvalue weighted by Crippen LogP contribution is -2.45. The van der Waals surface area contributed by atoms with Gasteiger partial charge in [-0.25, -0.2) is 0 Å². The predicted molar refractivity (Wildman–Crippen MR) is 80.8 cm³/mol. The molecule has 1 aliphatic rings. The third-order valence-electron chi connectivity index (χ3n) is 3.46. The molecule has 0 bridgehead atoms. The Morgan fingerprint density at radius 2 is 2.10 bits per heavy atom. The summed E-state index contributed by atoms with van der Waals surface area (Å²) in [6.07, 6.45) is 1.53. The molecule has 0 N–H and O–H groups in total. The van der Waals surface area contributed by atoms with E-state index in [0.717, 1.165) is 6.42 Å². The Labute approximate surface area is 127 Å². The summed E-state index contributed by atoms with van der Waals surface area (Å²) >= 11 is 6.76. The van der Waals surface area contributed by atoms with E-state index in [0.29, 0.717) is 5.92 Å². The summed E-state index contributed by atoms with van der Waals surface area (Å²) in [6, 6.07) is 0. The van der Waals surface area contributed by atoms with Gasteiger partial charge in [0.1, 0.15) is 4.87 Å². The van der Waals surface area contributed by atoms with E-state index in [2.05, 4.69) is 26.2 Å². The van der Waals surface area contributed by atoms with Crippen molar-refractivity contribution in [1.82, 2.24) is 0 Å². The molecule has 1 fully saturated rings. The fraction of sp³-hybridized carbons (Fsp3) is 0.750. The summed E-state index contributed by atoms with van der Waals surface area (Å²) < 4.78 is 11.6. The van der Waals surface area contributed by atoms with Gasteiger partial charge in [0.15, 0.2) is 6.10 Å². The minimum absolute atomic E-state index is 0.201. The first-order valence-corrected chi connectivity index (χ1v) is 7.48. The zero-order valence-electron chi connectivity index (χ0n) is 13.0. The lowest BCUT2D eigenvalue weighted by Gasteiger charge is -2.30. The molecule has 1 heterocycles. The Bertz CT molecular complexity index is 399. The number of hydrogen-bond acceptors (Lipinski definition) is 3. The van der Waals surface area contributed by atoms with Gasteiger partial charge in [-0.1, -0.05) is 34.3 Å². The van der Waals surface area contributed by atoms with Gasteiger partial charge in [-0.2, -0.15) is 0 Å². The van der Waals surface area contributed by atoms with Gasteiger partial charge < -0.3 is 9.47 Å². The first-order chi connectivity index (χ1) is 9.22. The summed E-state index contributed by atoms with van der Waals surface area (Å²) in [6.45, 7) is 13.3. The van der Waals surface area contributed by atoms with Crippen LogP contribution in [-0.4, -0.2) is 29.2 Å². The Morgan fingerprint density at radius 1 is 1.50 bits per heavy atom. The maximum absolute atomic E-state index is 11.4. The van der Waals surface area contributed by atoms with E-state index in [4.69, 9.17) is 21.1 Å². The van der Waals surface area contributed by atoms with Crippen molar-refractivity contribution in [2.24, 2.45) is 11.8 Å². The van der Waals surface area contributed by atoms with E-state index in [9.17, 15) is 4.79 Å². The van der Waals surface area contributed by atoms with Crippen LogP contribution in [0.2, 0.25) is 0 Å². The summed E-state index contributed by atoms with van der Waals surface area (Å²) in [7, 11) is 0. The van der Waals surface area contributed by atoms with E-state index in [1.807, 2.05) is 13.8 Å². The molecule has 0 unspecified atom stereocenters. The Kier molecular flexibility index (Phi) is 5.88. The van der Waals surface area contributed by atoms with Crippen LogP contribution in [0.25, 0.3) is 0 Å². The summed E-state index contributed by atoms with van der Waals surface area (Å²) in [5.74, 6) is 0.282. The van der Waals surface area contributed by atoms with Crippen molar-refractivity contribution >= 4 is 17.6 Å². The summed E-state index contributed by atoms with van der Waals surface area (Å²) in [5, 5.41) is 0. The van der Waals surface area contributed by atoms with Gasteiger partial charge in [-0.05, 0) is 24.3 Å². The first kappa shape index (κ1) is 17.3. The fourth-order valence-corrected chi connectivity index (χ4v) is 3.35. The average Bonchev–Trinajstić information content (AvgIpc) is 2.53. The molecule has 1 rings (SSSR count). The number of ether oxygens (including phenoxy) is 2. The topological polar surface area (TPSA) is 35.5 Å². The molecule has 0 aliphatic carbocycles. The summed E-state index contributed by atoms with van der Waals surface area (Å²) in [4.78, 5) is 10.5. The second-order valence-corrected chi connectivity index (χ2v) is 6.83. The minimum Gasteiger partial charge on any atom is -0.457 e. The lowest BCUT2D eigenvalue weighted by atomic mass is 9.87. The number of halogens is 1. The summed E-state index contributed by atoms with van der Waals surface area (Å²) in [5.41, 5.74) is 2.73. The Hall–Kier alpha value is -0.760. The monoisotopic (exact) mass is 300 g/mol. The van der Waals surface area contributed by atoms with Crippen LogP contribution in [-0.2, 0) is 14.3 Å². The highest BCUT2D eigenvalue weighted by Gasteiger charge is 2.57. The number of rotatable bonds is 5. The predicted octanol–water partition coefficient (Wildman–Crippen LogP) is 3.71. The number of alkyl halides is 1. The Balaban J connectivity index is 3.16. The zero-order valence-corrected chi connectivity index (χ0v) is 13.7. The number of esters is 1. The normalized spacial score (nSPS) is 33.3. The number of carbonyl (C=O) groups excluding carboxylic acids is 1. The van der Waals surface area contributed by atoms with Crippen LogP contribution < -0.4 is 0 Å². The molecule has 1 aliphatic heterocycles. The van der Waals surface area contributed by atoms with Crippen molar-refractivity contribution in [2.45, 2.75) is 64.2 Å². The van der Waals surface area contributed by atoms with Gasteiger partial charge in [0.05, 0.1) is 12.2 Å². The molecule has 114 valence electrons. The molecular formula is C16H25ClO3. The van der Waals surface area contributed by atoms with Gasteiger partial charge >= 0.3 is 5.97 Å². The maximum Gasteiger partial charge on any atom is 0.303 e. The smallest absolute Gasteiger partial charge is 0.303 e. The third-order valence-corrected chi connectivity index (χ3v) is 4.00. The quantitative estimate of drug-likeness (QED) is 0.441. The van der Waals surface area contributed by atoms with Crippen LogP contribution in [0.1, 0.15) is 41.0 Å². The maximum atomic E-state index is 11.4. The highest BCUT2D eigenvalue weighted by Crippen LogP contribution is 2.44. The van der Waals surface area contributed by atoms with Crippen LogP contribution >= 0.6 is 11.6 Å². The minimum atomic E-state index is -0.902. The molecule has 3 nitrogen and oxygen atoms in total. The zero-order chi connectivity index (χ0) is 15.5. The van der Waals surface area contributed by atoms with Crippen LogP contribution in [0.4, 0.5) is 0 Å². The second-order valence-electron chi connectivity index (χ2n) is 6.17. The Morgan fingerprint density at radius 3 is 2.50 bits per heavy atom. The molecule has 4 atom stereocenters. The van der Waals surface area contributed by atoms with Gasteiger partial charge in [-0.15, -0.1) is 17.3 Å². The molecule has 0 aromatic heterocycles. The van der Waals surface area contributed by atoms with Gasteiger partial charge in [0.25, 0.3) is 0 Å². The van der Waals surface area contributed by atoms with E-state index in [-0.39, 0.29) is 24.1 Å². The van der Waals surface area contributed by atoms with Crippen LogP contribution in [0.3, 0.4) is 0 Å². The SMILES string of the molecule is C=C=C[C@@]1(Cl)[C@H](OC(C)=O)[C@@H](CC(C)C)O[C@H]1C(C)C.